The monoisotopic (exact) mass is 265 g/mol. The van der Waals surface area contributed by atoms with Crippen LogP contribution >= 0.6 is 11.3 Å². The summed E-state index contributed by atoms with van der Waals surface area (Å²) in [6.07, 6.45) is 0.927. The molecule has 2 rings (SSSR count). The maximum atomic E-state index is 13.8. The van der Waals surface area contributed by atoms with Crippen molar-refractivity contribution in [3.8, 4) is 10.7 Å². The molecule has 3 nitrogen and oxygen atoms in total. The lowest BCUT2D eigenvalue weighted by molar-refractivity contribution is 0.605. The number of aromatic nitrogens is 2. The molecule has 0 unspecified atom stereocenters. The summed E-state index contributed by atoms with van der Waals surface area (Å²) < 4.78 is 13.8. The molecule has 2 aromatic rings. The summed E-state index contributed by atoms with van der Waals surface area (Å²) in [5.41, 5.74) is 0.379. The molecule has 1 N–H and O–H groups in total. The van der Waals surface area contributed by atoms with Crippen molar-refractivity contribution < 1.29 is 4.39 Å². The molecule has 2 aromatic heterocycles. The van der Waals surface area contributed by atoms with E-state index in [-0.39, 0.29) is 5.82 Å². The molecule has 0 aromatic carbocycles. The fourth-order valence-corrected chi connectivity index (χ4v) is 2.39. The SMILES string of the molecule is CCCNc1nc(-c2ccc(C)s2)nc(C)c1F. The van der Waals surface area contributed by atoms with Gasteiger partial charge in [-0.1, -0.05) is 6.92 Å². The van der Waals surface area contributed by atoms with Gasteiger partial charge >= 0.3 is 0 Å². The predicted octanol–water partition coefficient (Wildman–Crippen LogP) is 3.78. The molecular weight excluding hydrogens is 249 g/mol. The molecule has 18 heavy (non-hydrogen) atoms. The first-order chi connectivity index (χ1) is 8.61. The number of aryl methyl sites for hydroxylation is 2. The van der Waals surface area contributed by atoms with Crippen molar-refractivity contribution >= 4 is 17.2 Å². The van der Waals surface area contributed by atoms with Crippen molar-refractivity contribution in [1.29, 1.82) is 0 Å². The van der Waals surface area contributed by atoms with Gasteiger partial charge in [0.15, 0.2) is 17.5 Å². The molecule has 0 radical (unpaired) electrons. The minimum atomic E-state index is -0.361. The molecule has 0 aliphatic carbocycles. The zero-order valence-electron chi connectivity index (χ0n) is 10.7. The number of hydrogen-bond acceptors (Lipinski definition) is 4. The molecule has 0 aliphatic rings. The van der Waals surface area contributed by atoms with Crippen molar-refractivity contribution in [2.24, 2.45) is 0 Å². The fourth-order valence-electron chi connectivity index (χ4n) is 1.58. The van der Waals surface area contributed by atoms with E-state index in [9.17, 15) is 4.39 Å². The second-order valence-corrected chi connectivity index (χ2v) is 5.42. The lowest BCUT2D eigenvalue weighted by Gasteiger charge is -2.08. The summed E-state index contributed by atoms with van der Waals surface area (Å²) in [7, 11) is 0. The van der Waals surface area contributed by atoms with E-state index >= 15 is 0 Å². The number of nitrogens with zero attached hydrogens (tertiary/aromatic N) is 2. The van der Waals surface area contributed by atoms with Gasteiger partial charge in [-0.2, -0.15) is 0 Å². The first kappa shape index (κ1) is 13.0. The Morgan fingerprint density at radius 2 is 2.06 bits per heavy atom. The van der Waals surface area contributed by atoms with Crippen LogP contribution in [-0.2, 0) is 0 Å². The van der Waals surface area contributed by atoms with Crippen LogP contribution in [0, 0.1) is 19.7 Å². The summed E-state index contributed by atoms with van der Waals surface area (Å²) in [4.78, 5) is 10.6. The Kier molecular flexibility index (Phi) is 3.91. The molecule has 0 saturated carbocycles. The Morgan fingerprint density at radius 3 is 2.67 bits per heavy atom. The highest BCUT2D eigenvalue weighted by Gasteiger charge is 2.13. The van der Waals surface area contributed by atoms with Gasteiger partial charge in [0, 0.05) is 11.4 Å². The third kappa shape index (κ3) is 2.67. The number of anilines is 1. The number of hydrogen-bond donors (Lipinski definition) is 1. The molecular formula is C13H16FN3S. The molecule has 0 aliphatic heterocycles. The number of rotatable bonds is 4. The van der Waals surface area contributed by atoms with Crippen molar-refractivity contribution in [3.05, 3.63) is 28.5 Å². The predicted molar refractivity (Wildman–Crippen MR) is 73.6 cm³/mol. The Balaban J connectivity index is 2.40. The molecule has 96 valence electrons. The van der Waals surface area contributed by atoms with Gasteiger partial charge in [0.2, 0.25) is 0 Å². The van der Waals surface area contributed by atoms with E-state index in [1.807, 2.05) is 26.0 Å². The van der Waals surface area contributed by atoms with Crippen LogP contribution in [0.25, 0.3) is 10.7 Å². The summed E-state index contributed by atoms with van der Waals surface area (Å²) in [5, 5.41) is 3.00. The van der Waals surface area contributed by atoms with Gasteiger partial charge in [-0.05, 0) is 32.4 Å². The van der Waals surface area contributed by atoms with Crippen LogP contribution in [0.2, 0.25) is 0 Å². The maximum Gasteiger partial charge on any atom is 0.186 e. The topological polar surface area (TPSA) is 37.8 Å². The van der Waals surface area contributed by atoms with E-state index in [1.54, 1.807) is 18.3 Å². The van der Waals surface area contributed by atoms with Crippen LogP contribution in [0.3, 0.4) is 0 Å². The van der Waals surface area contributed by atoms with Gasteiger partial charge in [-0.3, -0.25) is 0 Å². The van der Waals surface area contributed by atoms with Crippen molar-refractivity contribution in [3.63, 3.8) is 0 Å². The Morgan fingerprint density at radius 1 is 1.28 bits per heavy atom. The van der Waals surface area contributed by atoms with Gasteiger partial charge in [-0.25, -0.2) is 14.4 Å². The first-order valence-corrected chi connectivity index (χ1v) is 6.78. The highest BCUT2D eigenvalue weighted by Crippen LogP contribution is 2.27. The third-order valence-corrected chi connectivity index (χ3v) is 3.52. The average Bonchev–Trinajstić information content (AvgIpc) is 2.77. The van der Waals surface area contributed by atoms with Crippen LogP contribution in [0.15, 0.2) is 12.1 Å². The van der Waals surface area contributed by atoms with Crippen LogP contribution in [-0.4, -0.2) is 16.5 Å². The molecule has 0 bridgehead atoms. The van der Waals surface area contributed by atoms with Gasteiger partial charge in [0.1, 0.15) is 0 Å². The molecule has 2 heterocycles. The molecule has 5 heteroatoms. The largest absolute Gasteiger partial charge is 0.368 e. The molecule has 0 saturated heterocycles. The zero-order chi connectivity index (χ0) is 13.1. The van der Waals surface area contributed by atoms with E-state index in [4.69, 9.17) is 0 Å². The standard InChI is InChI=1S/C13H16FN3S/c1-4-7-15-13-11(14)9(3)16-12(17-13)10-6-5-8(2)18-10/h5-6H,4,7H2,1-3H3,(H,15,16,17). The van der Waals surface area contributed by atoms with E-state index in [0.717, 1.165) is 11.3 Å². The van der Waals surface area contributed by atoms with Crippen molar-refractivity contribution in [1.82, 2.24) is 9.97 Å². The normalized spacial score (nSPS) is 10.7. The quantitative estimate of drug-likeness (QED) is 0.914. The Bertz CT molecular complexity index is 551. The van der Waals surface area contributed by atoms with Gasteiger partial charge in [0.25, 0.3) is 0 Å². The average molecular weight is 265 g/mol. The summed E-state index contributed by atoms with van der Waals surface area (Å²) in [5.74, 6) is 0.525. The van der Waals surface area contributed by atoms with E-state index in [1.165, 1.54) is 4.88 Å². The summed E-state index contributed by atoms with van der Waals surface area (Å²) in [6, 6.07) is 3.98. The Labute approximate surface area is 110 Å². The highest BCUT2D eigenvalue weighted by atomic mass is 32.1. The zero-order valence-corrected chi connectivity index (χ0v) is 11.6. The van der Waals surface area contributed by atoms with E-state index in [2.05, 4.69) is 15.3 Å². The van der Waals surface area contributed by atoms with E-state index in [0.29, 0.717) is 23.9 Å². The molecule has 0 fully saturated rings. The third-order valence-electron chi connectivity index (χ3n) is 2.52. The maximum absolute atomic E-state index is 13.8. The Hall–Kier alpha value is -1.49. The van der Waals surface area contributed by atoms with Crippen LogP contribution < -0.4 is 5.32 Å². The number of thiophene rings is 1. The highest BCUT2D eigenvalue weighted by molar-refractivity contribution is 7.15. The molecule has 0 spiro atoms. The molecule has 0 amide bonds. The number of halogens is 1. The second kappa shape index (κ2) is 5.44. The van der Waals surface area contributed by atoms with Gasteiger partial charge in [-0.15, -0.1) is 11.3 Å². The fraction of sp³-hybridized carbons (Fsp3) is 0.385. The minimum absolute atomic E-state index is 0.297. The van der Waals surface area contributed by atoms with Crippen molar-refractivity contribution in [2.45, 2.75) is 27.2 Å². The van der Waals surface area contributed by atoms with Crippen LogP contribution in [0.1, 0.15) is 23.9 Å². The first-order valence-electron chi connectivity index (χ1n) is 5.96. The van der Waals surface area contributed by atoms with E-state index < -0.39 is 0 Å². The summed E-state index contributed by atoms with van der Waals surface area (Å²) in [6.45, 7) is 6.43. The van der Waals surface area contributed by atoms with Gasteiger partial charge < -0.3 is 5.32 Å². The van der Waals surface area contributed by atoms with Crippen molar-refractivity contribution in [2.75, 3.05) is 11.9 Å². The van der Waals surface area contributed by atoms with Crippen LogP contribution in [0.4, 0.5) is 10.2 Å². The van der Waals surface area contributed by atoms with Gasteiger partial charge in [0.05, 0.1) is 10.6 Å². The van der Waals surface area contributed by atoms with Crippen LogP contribution in [0.5, 0.6) is 0 Å². The molecule has 0 atom stereocenters. The second-order valence-electron chi connectivity index (χ2n) is 4.13. The lowest BCUT2D eigenvalue weighted by Crippen LogP contribution is -2.07. The lowest BCUT2D eigenvalue weighted by atomic mass is 10.3. The number of nitrogens with one attached hydrogen (secondary N) is 1. The smallest absolute Gasteiger partial charge is 0.186 e. The summed E-state index contributed by atoms with van der Waals surface area (Å²) >= 11 is 1.61. The minimum Gasteiger partial charge on any atom is -0.368 e.